The molecule has 6 heteroatoms. The molecule has 0 N–H and O–H groups in total. The molecule has 7 rings (SSSR count). The zero-order chi connectivity index (χ0) is 36.2. The van der Waals surface area contributed by atoms with Gasteiger partial charge in [0, 0.05) is 50.2 Å². The van der Waals surface area contributed by atoms with E-state index in [4.69, 9.17) is 16.3 Å². The van der Waals surface area contributed by atoms with Gasteiger partial charge in [-0.1, -0.05) is 89.7 Å². The SMILES string of the molecule is Cc1ccc(-c2[c-]ccc3c2oc2c3ccc3sc(C(C)(C)C)nc32)nc1.[2H]C([2H])([2H])c1c[c-]c(-c2ccc(C([2H])([2H])C(C)(C)C)cn2)cc1.[Ir]. The van der Waals surface area contributed by atoms with Crippen LogP contribution >= 0.6 is 11.3 Å². The number of nitrogens with zero attached hydrogens (tertiary/aromatic N) is 3. The molecule has 0 saturated heterocycles. The summed E-state index contributed by atoms with van der Waals surface area (Å²) >= 11 is 1.74. The molecule has 237 valence electrons. The van der Waals surface area contributed by atoms with Gasteiger partial charge < -0.3 is 14.4 Å². The van der Waals surface area contributed by atoms with Gasteiger partial charge in [0.15, 0.2) is 0 Å². The first-order valence-electron chi connectivity index (χ1n) is 17.4. The minimum absolute atomic E-state index is 0. The zero-order valence-corrected chi connectivity index (χ0v) is 30.2. The summed E-state index contributed by atoms with van der Waals surface area (Å²) in [5, 5.41) is 3.29. The van der Waals surface area contributed by atoms with E-state index in [1.54, 1.807) is 35.6 Å². The van der Waals surface area contributed by atoms with Gasteiger partial charge in [-0.05, 0) is 47.3 Å². The van der Waals surface area contributed by atoms with E-state index in [0.717, 1.165) is 54.0 Å². The summed E-state index contributed by atoms with van der Waals surface area (Å²) in [7, 11) is 0. The summed E-state index contributed by atoms with van der Waals surface area (Å²) in [4.78, 5) is 13.8. The predicted octanol–water partition coefficient (Wildman–Crippen LogP) is 11.1. The molecule has 0 spiro atoms. The number of thiazole rings is 1. The van der Waals surface area contributed by atoms with Crippen LogP contribution in [0.25, 0.3) is 54.7 Å². The molecule has 0 fully saturated rings. The first-order valence-corrected chi connectivity index (χ1v) is 15.8. The maximum atomic E-state index is 8.25. The van der Waals surface area contributed by atoms with Crippen molar-refractivity contribution in [2.24, 2.45) is 5.41 Å². The number of furan rings is 1. The predicted molar refractivity (Wildman–Crippen MR) is 189 cm³/mol. The van der Waals surface area contributed by atoms with Gasteiger partial charge in [-0.3, -0.25) is 0 Å². The van der Waals surface area contributed by atoms with Gasteiger partial charge in [0.05, 0.1) is 15.3 Å². The van der Waals surface area contributed by atoms with Crippen LogP contribution in [0.1, 0.15) is 70.1 Å². The smallest absolute Gasteiger partial charge is 0.148 e. The first-order chi connectivity index (χ1) is 23.3. The number of benzene rings is 3. The van der Waals surface area contributed by atoms with E-state index in [-0.39, 0.29) is 31.1 Å². The summed E-state index contributed by atoms with van der Waals surface area (Å²) < 4.78 is 46.1. The second-order valence-electron chi connectivity index (χ2n) is 13.3. The van der Waals surface area contributed by atoms with Crippen LogP contribution in [0.3, 0.4) is 0 Å². The van der Waals surface area contributed by atoms with Crippen molar-refractivity contribution in [1.29, 1.82) is 0 Å². The van der Waals surface area contributed by atoms with Gasteiger partial charge in [-0.25, -0.2) is 4.98 Å². The van der Waals surface area contributed by atoms with Crippen LogP contribution in [0.4, 0.5) is 0 Å². The van der Waals surface area contributed by atoms with Gasteiger partial charge in [-0.15, -0.1) is 64.9 Å². The van der Waals surface area contributed by atoms with E-state index in [9.17, 15) is 0 Å². The molecule has 4 aromatic heterocycles. The molecule has 0 aliphatic heterocycles. The summed E-state index contributed by atoms with van der Waals surface area (Å²) in [5.41, 5.74) is 7.07. The molecule has 0 atom stereocenters. The monoisotopic (exact) mass is 807 g/mol. The van der Waals surface area contributed by atoms with Gasteiger partial charge in [0.1, 0.15) is 11.1 Å². The van der Waals surface area contributed by atoms with Gasteiger partial charge >= 0.3 is 0 Å². The van der Waals surface area contributed by atoms with Crippen molar-refractivity contribution in [2.45, 2.75) is 67.1 Å². The number of aryl methyl sites for hydroxylation is 2. The van der Waals surface area contributed by atoms with Crippen LogP contribution in [-0.2, 0) is 31.9 Å². The topological polar surface area (TPSA) is 51.8 Å². The van der Waals surface area contributed by atoms with Crippen LogP contribution in [0.2, 0.25) is 0 Å². The van der Waals surface area contributed by atoms with Gasteiger partial charge in [0.2, 0.25) is 0 Å². The maximum Gasteiger partial charge on any atom is 0.148 e. The van der Waals surface area contributed by atoms with Crippen LogP contribution < -0.4 is 0 Å². The maximum absolute atomic E-state index is 8.25. The second-order valence-corrected chi connectivity index (χ2v) is 14.3. The average Bonchev–Trinajstić information content (AvgIpc) is 3.67. The molecule has 0 saturated carbocycles. The van der Waals surface area contributed by atoms with E-state index in [1.807, 2.05) is 46.0 Å². The largest absolute Gasteiger partial charge is 0.498 e. The molecular formula is C40H39IrN3OS-2. The molecule has 0 aliphatic carbocycles. The molecule has 0 aliphatic rings. The number of hydrogen-bond donors (Lipinski definition) is 0. The Labute approximate surface area is 296 Å². The van der Waals surface area contributed by atoms with Crippen molar-refractivity contribution >= 4 is 43.5 Å². The molecule has 0 bridgehead atoms. The summed E-state index contributed by atoms with van der Waals surface area (Å²) in [6.07, 6.45) is 1.92. The van der Waals surface area contributed by atoms with Crippen molar-refractivity contribution in [3.63, 3.8) is 0 Å². The van der Waals surface area contributed by atoms with Crippen molar-refractivity contribution < 1.29 is 31.4 Å². The summed E-state index contributed by atoms with van der Waals surface area (Å²) in [6, 6.07) is 26.7. The Morgan fingerprint density at radius 2 is 1.57 bits per heavy atom. The Balaban J connectivity index is 0.000000197. The van der Waals surface area contributed by atoms with Crippen LogP contribution in [0.5, 0.6) is 0 Å². The van der Waals surface area contributed by atoms with Crippen molar-refractivity contribution in [3.05, 3.63) is 113 Å². The average molecular weight is 807 g/mol. The molecule has 46 heavy (non-hydrogen) atoms. The fraction of sp³-hybridized carbons (Fsp3) is 0.275. The normalized spacial score (nSPS) is 14.0. The van der Waals surface area contributed by atoms with E-state index in [0.29, 0.717) is 16.8 Å². The fourth-order valence-electron chi connectivity index (χ4n) is 4.96. The summed E-state index contributed by atoms with van der Waals surface area (Å²) in [5.74, 6) is 0. The minimum Gasteiger partial charge on any atom is -0.498 e. The van der Waals surface area contributed by atoms with Crippen LogP contribution in [0, 0.1) is 31.3 Å². The van der Waals surface area contributed by atoms with Crippen LogP contribution in [-0.4, -0.2) is 15.0 Å². The molecular weight excluding hydrogens is 763 g/mol. The molecule has 4 nitrogen and oxygen atoms in total. The van der Waals surface area contributed by atoms with E-state index < -0.39 is 18.6 Å². The van der Waals surface area contributed by atoms with E-state index in [1.165, 1.54) is 12.3 Å². The molecule has 0 unspecified atom stereocenters. The second kappa shape index (κ2) is 13.2. The standard InChI is InChI=1S/C23H19N2OS.C17H20N.Ir/c1-13-8-10-17(24-12-13)16-7-5-6-14-15-9-11-18-19(21(15)26-20(14)16)25-22(27-18)23(2,3)4;1-13-5-8-15(9-6-13)16-10-7-14(12-18-16)11-17(2,3)4;/h5-6,8-12H,1-4H3;5-8,10,12H,11H2,1-4H3;/q2*-1;/i;1D3,11D2;. The molecule has 0 amide bonds. The third kappa shape index (κ3) is 7.31. The Hall–Kier alpha value is -3.70. The van der Waals surface area contributed by atoms with Crippen LogP contribution in [0.15, 0.2) is 83.5 Å². The fourth-order valence-corrected chi connectivity index (χ4v) is 5.98. The number of rotatable bonds is 3. The number of fused-ring (bicyclic) bond motifs is 5. The number of aromatic nitrogens is 3. The molecule has 7 aromatic rings. The quantitative estimate of drug-likeness (QED) is 0.167. The third-order valence-electron chi connectivity index (χ3n) is 7.14. The first kappa shape index (κ1) is 27.4. The van der Waals surface area contributed by atoms with Gasteiger partial charge in [0.25, 0.3) is 0 Å². The zero-order valence-electron chi connectivity index (χ0n) is 32.0. The summed E-state index contributed by atoms with van der Waals surface area (Å²) in [6.45, 7) is 12.0. The third-order valence-corrected chi connectivity index (χ3v) is 8.59. The van der Waals surface area contributed by atoms with E-state index >= 15 is 0 Å². The Morgan fingerprint density at radius 3 is 2.20 bits per heavy atom. The molecule has 4 heterocycles. The minimum atomic E-state index is -2.14. The van der Waals surface area contributed by atoms with E-state index in [2.05, 4.69) is 67.1 Å². The van der Waals surface area contributed by atoms with Crippen molar-refractivity contribution in [3.8, 4) is 22.5 Å². The number of pyridine rings is 2. The molecule has 3 aromatic carbocycles. The Kier molecular flexibility index (Phi) is 7.86. The van der Waals surface area contributed by atoms with Crippen molar-refractivity contribution in [2.75, 3.05) is 0 Å². The van der Waals surface area contributed by atoms with Gasteiger partial charge in [-0.2, -0.15) is 0 Å². The van der Waals surface area contributed by atoms with Crippen molar-refractivity contribution in [1.82, 2.24) is 15.0 Å². The Morgan fingerprint density at radius 1 is 0.826 bits per heavy atom. The molecule has 1 radical (unpaired) electrons. The Bertz CT molecular complexity index is 2300. The number of hydrogen-bond acceptors (Lipinski definition) is 5.